The van der Waals surface area contributed by atoms with Crippen LogP contribution in [0.1, 0.15) is 42.4 Å². The van der Waals surface area contributed by atoms with Crippen molar-refractivity contribution >= 4 is 62.3 Å². The largest absolute Gasteiger partial charge is 0.352 e. The molecule has 4 aromatic rings. The molecule has 1 aliphatic rings. The van der Waals surface area contributed by atoms with Gasteiger partial charge >= 0.3 is 0 Å². The van der Waals surface area contributed by atoms with Gasteiger partial charge in [0.1, 0.15) is 12.6 Å². The molecule has 1 atom stereocenters. The minimum atomic E-state index is -4.32. The Morgan fingerprint density at radius 3 is 2.13 bits per heavy atom. The molecular weight excluding hydrogens is 677 g/mol. The second kappa shape index (κ2) is 15.6. The summed E-state index contributed by atoms with van der Waals surface area (Å²) < 4.78 is 29.5. The molecule has 0 unspecified atom stereocenters. The summed E-state index contributed by atoms with van der Waals surface area (Å²) in [6.07, 6.45) is 4.00. The molecule has 1 aliphatic carbocycles. The number of rotatable bonds is 12. The number of benzene rings is 4. The van der Waals surface area contributed by atoms with Crippen LogP contribution in [0.3, 0.4) is 0 Å². The first-order valence-electron chi connectivity index (χ1n) is 15.4. The van der Waals surface area contributed by atoms with E-state index in [9.17, 15) is 18.0 Å². The monoisotopic (exact) mass is 711 g/mol. The molecule has 11 heteroatoms. The highest BCUT2D eigenvalue weighted by atomic mass is 35.5. The topological polar surface area (TPSA) is 86.8 Å². The lowest BCUT2D eigenvalue weighted by atomic mass is 10.0. The Labute approximate surface area is 291 Å². The summed E-state index contributed by atoms with van der Waals surface area (Å²) in [7, 11) is -4.32. The van der Waals surface area contributed by atoms with Crippen LogP contribution in [0.25, 0.3) is 0 Å². The van der Waals surface area contributed by atoms with Gasteiger partial charge in [-0.05, 0) is 73.4 Å². The summed E-state index contributed by atoms with van der Waals surface area (Å²) in [6.45, 7) is 1.25. The van der Waals surface area contributed by atoms with E-state index in [0.717, 1.165) is 46.7 Å². The number of aryl methyl sites for hydroxylation is 1. The average molecular weight is 713 g/mol. The molecule has 5 rings (SSSR count). The van der Waals surface area contributed by atoms with Crippen LogP contribution < -0.4 is 9.62 Å². The van der Waals surface area contributed by atoms with E-state index in [4.69, 9.17) is 34.8 Å². The van der Waals surface area contributed by atoms with Crippen LogP contribution >= 0.6 is 34.8 Å². The summed E-state index contributed by atoms with van der Waals surface area (Å²) in [5.41, 5.74) is 2.51. The zero-order chi connectivity index (χ0) is 33.6. The zero-order valence-electron chi connectivity index (χ0n) is 25.9. The van der Waals surface area contributed by atoms with Gasteiger partial charge in [0, 0.05) is 29.1 Å². The molecule has 7 nitrogen and oxygen atoms in total. The van der Waals surface area contributed by atoms with Gasteiger partial charge in [-0.25, -0.2) is 8.42 Å². The van der Waals surface area contributed by atoms with E-state index in [1.54, 1.807) is 42.5 Å². The first-order chi connectivity index (χ1) is 22.5. The number of sulfonamides is 1. The molecule has 0 spiro atoms. The van der Waals surface area contributed by atoms with E-state index >= 15 is 0 Å². The number of halogens is 3. The Balaban J connectivity index is 1.58. The minimum Gasteiger partial charge on any atom is -0.352 e. The predicted octanol–water partition coefficient (Wildman–Crippen LogP) is 7.85. The van der Waals surface area contributed by atoms with E-state index < -0.39 is 28.5 Å². The SMILES string of the molecule is Cc1ccc(S(=O)(=O)N(CC(=O)N(Cc2ccc(Cl)cc2)[C@H](Cc2ccccc2)C(=O)NC2CCCC2)c2cc(Cl)ccc2Cl)cc1. The van der Waals surface area contributed by atoms with Crippen molar-refractivity contribution < 1.29 is 18.0 Å². The smallest absolute Gasteiger partial charge is 0.264 e. The lowest BCUT2D eigenvalue weighted by Gasteiger charge is -2.34. The van der Waals surface area contributed by atoms with Crippen molar-refractivity contribution in [2.45, 2.75) is 62.6 Å². The van der Waals surface area contributed by atoms with Gasteiger partial charge in [-0.15, -0.1) is 0 Å². The van der Waals surface area contributed by atoms with Crippen molar-refractivity contribution in [2.24, 2.45) is 0 Å². The molecule has 246 valence electrons. The van der Waals surface area contributed by atoms with Crippen LogP contribution in [0, 0.1) is 6.92 Å². The molecule has 4 aromatic carbocycles. The highest BCUT2D eigenvalue weighted by Gasteiger charge is 2.36. The second-order valence-corrected chi connectivity index (χ2v) is 14.9. The van der Waals surface area contributed by atoms with Gasteiger partial charge in [0.2, 0.25) is 11.8 Å². The van der Waals surface area contributed by atoms with E-state index in [-0.39, 0.29) is 45.5 Å². The minimum absolute atomic E-state index is 0.0111. The quantitative estimate of drug-likeness (QED) is 0.162. The predicted molar refractivity (Wildman–Crippen MR) is 189 cm³/mol. The van der Waals surface area contributed by atoms with Crippen molar-refractivity contribution in [3.05, 3.63) is 129 Å². The third kappa shape index (κ3) is 8.87. The van der Waals surface area contributed by atoms with E-state index in [2.05, 4.69) is 5.32 Å². The maximum Gasteiger partial charge on any atom is 0.264 e. The molecule has 1 saturated carbocycles. The van der Waals surface area contributed by atoms with Crippen molar-refractivity contribution in [1.29, 1.82) is 0 Å². The number of anilines is 1. The Hall–Kier alpha value is -3.56. The first-order valence-corrected chi connectivity index (χ1v) is 18.0. The van der Waals surface area contributed by atoms with Gasteiger partial charge < -0.3 is 10.2 Å². The van der Waals surface area contributed by atoms with Crippen LogP contribution in [0.15, 0.2) is 102 Å². The molecule has 0 saturated heterocycles. The summed E-state index contributed by atoms with van der Waals surface area (Å²) in [5, 5.41) is 4.04. The summed E-state index contributed by atoms with van der Waals surface area (Å²) in [4.78, 5) is 30.2. The molecule has 0 heterocycles. The van der Waals surface area contributed by atoms with Crippen LogP contribution in [0.4, 0.5) is 5.69 Å². The number of carbonyl (C=O) groups is 2. The molecule has 2 amide bonds. The Morgan fingerprint density at radius 2 is 1.47 bits per heavy atom. The highest BCUT2D eigenvalue weighted by molar-refractivity contribution is 7.92. The number of nitrogens with zero attached hydrogens (tertiary/aromatic N) is 2. The molecule has 0 bridgehead atoms. The zero-order valence-corrected chi connectivity index (χ0v) is 29.0. The Morgan fingerprint density at radius 1 is 0.830 bits per heavy atom. The molecule has 0 radical (unpaired) electrons. The molecule has 1 N–H and O–H groups in total. The molecule has 1 fully saturated rings. The van der Waals surface area contributed by atoms with Crippen LogP contribution in [0.2, 0.25) is 15.1 Å². The number of nitrogens with one attached hydrogen (secondary N) is 1. The van der Waals surface area contributed by atoms with E-state index in [1.165, 1.54) is 29.2 Å². The van der Waals surface area contributed by atoms with E-state index in [1.807, 2.05) is 37.3 Å². The molecular formula is C36H36Cl3N3O4S. The van der Waals surface area contributed by atoms with Gasteiger partial charge in [0.05, 0.1) is 15.6 Å². The Bertz CT molecular complexity index is 1800. The number of hydrogen-bond donors (Lipinski definition) is 1. The summed E-state index contributed by atoms with van der Waals surface area (Å²) in [5.74, 6) is -0.883. The third-order valence-electron chi connectivity index (χ3n) is 8.30. The van der Waals surface area contributed by atoms with Crippen molar-refractivity contribution in [2.75, 3.05) is 10.8 Å². The van der Waals surface area contributed by atoms with Crippen molar-refractivity contribution in [3.63, 3.8) is 0 Å². The fourth-order valence-electron chi connectivity index (χ4n) is 5.74. The lowest BCUT2D eigenvalue weighted by Crippen LogP contribution is -2.54. The normalized spacial score (nSPS) is 14.0. The maximum absolute atomic E-state index is 14.6. The van der Waals surface area contributed by atoms with Crippen LogP contribution in [0.5, 0.6) is 0 Å². The summed E-state index contributed by atoms with van der Waals surface area (Å²) in [6, 6.07) is 26.3. The van der Waals surface area contributed by atoms with E-state index in [0.29, 0.717) is 5.02 Å². The van der Waals surface area contributed by atoms with Gasteiger partial charge in [0.25, 0.3) is 10.0 Å². The fraction of sp³-hybridized carbons (Fsp3) is 0.278. The highest BCUT2D eigenvalue weighted by Crippen LogP contribution is 2.33. The second-order valence-electron chi connectivity index (χ2n) is 11.8. The first kappa shape index (κ1) is 34.8. The third-order valence-corrected chi connectivity index (χ3v) is 10.9. The molecule has 47 heavy (non-hydrogen) atoms. The molecule has 0 aliphatic heterocycles. The van der Waals surface area contributed by atoms with Gasteiger partial charge in [-0.2, -0.15) is 0 Å². The Kier molecular flexibility index (Phi) is 11.5. The number of amides is 2. The number of hydrogen-bond acceptors (Lipinski definition) is 4. The van der Waals surface area contributed by atoms with Crippen LogP contribution in [-0.2, 0) is 32.6 Å². The lowest BCUT2D eigenvalue weighted by molar-refractivity contribution is -0.140. The fourth-order valence-corrected chi connectivity index (χ4v) is 7.72. The molecule has 0 aromatic heterocycles. The summed E-state index contributed by atoms with van der Waals surface area (Å²) >= 11 is 19.1. The van der Waals surface area contributed by atoms with Gasteiger partial charge in [0.15, 0.2) is 0 Å². The van der Waals surface area contributed by atoms with Gasteiger partial charge in [-0.3, -0.25) is 13.9 Å². The maximum atomic E-state index is 14.6. The standard InChI is InChI=1S/C36H36Cl3N3O4S/c1-25-11-18-31(19-12-25)47(45,46)42(33-22-29(38)17-20-32(33)39)24-35(43)41(23-27-13-15-28(37)16-14-27)34(21-26-7-3-2-4-8-26)36(44)40-30-9-5-6-10-30/h2-4,7-8,11-20,22,30,34H,5-6,9-10,21,23-24H2,1H3,(H,40,44)/t34-/m1/s1. The number of carbonyl (C=O) groups excluding carboxylic acids is 2. The van der Waals surface area contributed by atoms with Crippen LogP contribution in [-0.4, -0.2) is 43.8 Å². The van der Waals surface area contributed by atoms with Crippen molar-refractivity contribution in [1.82, 2.24) is 10.2 Å². The van der Waals surface area contributed by atoms with Gasteiger partial charge in [-0.1, -0.05) is 108 Å². The van der Waals surface area contributed by atoms with Crippen molar-refractivity contribution in [3.8, 4) is 0 Å². The average Bonchev–Trinajstić information content (AvgIpc) is 3.57.